The fourth-order valence-electron chi connectivity index (χ4n) is 4.03. The van der Waals surface area contributed by atoms with Crippen molar-refractivity contribution in [1.29, 1.82) is 0 Å². The van der Waals surface area contributed by atoms with Gasteiger partial charge in [-0.3, -0.25) is 4.79 Å². The van der Waals surface area contributed by atoms with Crippen LogP contribution in [-0.2, 0) is 4.74 Å². The van der Waals surface area contributed by atoms with Crippen molar-refractivity contribution in [2.45, 2.75) is 12.3 Å². The number of nitrogens with one attached hydrogen (secondary N) is 1. The van der Waals surface area contributed by atoms with Gasteiger partial charge in [-0.25, -0.2) is 0 Å². The zero-order chi connectivity index (χ0) is 15.1. The Bertz CT molecular complexity index is 638. The molecule has 3 aliphatic rings. The lowest BCUT2D eigenvalue weighted by atomic mass is 9.85. The summed E-state index contributed by atoms with van der Waals surface area (Å²) in [7, 11) is 2.16. The molecule has 4 heteroatoms. The van der Waals surface area contributed by atoms with Crippen LogP contribution in [0, 0.1) is 5.92 Å². The minimum absolute atomic E-state index is 0.0848. The third-order valence-corrected chi connectivity index (χ3v) is 5.18. The molecule has 1 saturated heterocycles. The Hall–Kier alpha value is -1.65. The lowest BCUT2D eigenvalue weighted by molar-refractivity contribution is 0.0951. The first-order valence-electron chi connectivity index (χ1n) is 8.10. The maximum atomic E-state index is 12.5. The van der Waals surface area contributed by atoms with Gasteiger partial charge >= 0.3 is 0 Å². The summed E-state index contributed by atoms with van der Waals surface area (Å²) in [6.07, 6.45) is 3.06. The highest BCUT2D eigenvalue weighted by molar-refractivity contribution is 5.97. The number of likely N-dealkylation sites (N-methyl/N-ethyl adjacent to an activating group) is 1. The van der Waals surface area contributed by atoms with Crippen molar-refractivity contribution in [1.82, 2.24) is 10.2 Å². The Kier molecular flexibility index (Phi) is 3.51. The van der Waals surface area contributed by atoms with Crippen molar-refractivity contribution < 1.29 is 9.53 Å². The number of fused-ring (bicyclic) bond motifs is 3. The second-order valence-corrected chi connectivity index (χ2v) is 6.65. The molecule has 0 aromatic heterocycles. The Morgan fingerprint density at radius 2 is 2.23 bits per heavy atom. The van der Waals surface area contributed by atoms with Gasteiger partial charge in [0.25, 0.3) is 5.91 Å². The summed E-state index contributed by atoms with van der Waals surface area (Å²) in [6, 6.07) is 6.45. The van der Waals surface area contributed by atoms with E-state index < -0.39 is 0 Å². The van der Waals surface area contributed by atoms with E-state index >= 15 is 0 Å². The first kappa shape index (κ1) is 14.0. The molecule has 0 aliphatic carbocycles. The van der Waals surface area contributed by atoms with Gasteiger partial charge < -0.3 is 15.0 Å². The molecule has 0 saturated carbocycles. The molecular weight excluding hydrogens is 276 g/mol. The second kappa shape index (κ2) is 5.52. The van der Waals surface area contributed by atoms with E-state index in [0.717, 1.165) is 38.2 Å². The van der Waals surface area contributed by atoms with Crippen LogP contribution in [0.3, 0.4) is 0 Å². The average molecular weight is 298 g/mol. The zero-order valence-electron chi connectivity index (χ0n) is 13.0. The largest absolute Gasteiger partial charge is 0.377 e. The highest BCUT2D eigenvalue weighted by atomic mass is 16.5. The number of nitrogens with zero attached hydrogens (tertiary/aromatic N) is 1. The Morgan fingerprint density at radius 3 is 3.05 bits per heavy atom. The van der Waals surface area contributed by atoms with E-state index in [-0.39, 0.29) is 5.91 Å². The zero-order valence-corrected chi connectivity index (χ0v) is 13.0. The number of amides is 1. The van der Waals surface area contributed by atoms with Gasteiger partial charge in [-0.05, 0) is 42.2 Å². The van der Waals surface area contributed by atoms with Crippen molar-refractivity contribution in [2.24, 2.45) is 5.92 Å². The van der Waals surface area contributed by atoms with Gasteiger partial charge in [0, 0.05) is 31.1 Å². The van der Waals surface area contributed by atoms with Crippen LogP contribution in [0.1, 0.15) is 33.8 Å². The molecule has 3 aliphatic heterocycles. The number of benzene rings is 1. The van der Waals surface area contributed by atoms with Crippen LogP contribution in [-0.4, -0.2) is 50.7 Å². The number of carbonyl (C=O) groups excluding carboxylic acids is 1. The molecule has 1 fully saturated rings. The molecule has 4 rings (SSSR count). The van der Waals surface area contributed by atoms with Crippen LogP contribution in [0.4, 0.5) is 0 Å². The van der Waals surface area contributed by atoms with E-state index in [9.17, 15) is 4.79 Å². The van der Waals surface area contributed by atoms with Crippen molar-refractivity contribution in [3.8, 4) is 0 Å². The highest BCUT2D eigenvalue weighted by Gasteiger charge is 2.36. The summed E-state index contributed by atoms with van der Waals surface area (Å²) in [4.78, 5) is 14.9. The Balaban J connectivity index is 1.75. The molecule has 0 bridgehead atoms. The smallest absolute Gasteiger partial charge is 0.251 e. The number of rotatable bonds is 1. The minimum atomic E-state index is 0.0848. The minimum Gasteiger partial charge on any atom is -0.377 e. The van der Waals surface area contributed by atoms with Crippen molar-refractivity contribution in [2.75, 3.05) is 39.9 Å². The number of hydrogen-bond acceptors (Lipinski definition) is 3. The fraction of sp³-hybridized carbons (Fsp3) is 0.500. The van der Waals surface area contributed by atoms with Crippen LogP contribution >= 0.6 is 0 Å². The standard InChI is InChI=1S/C18H22N2O2/c1-20-10-14-9-19-18(21)16-8-13(12-4-6-22-7-5-12)2-3-15(16)17(14)11-20/h2-4,8,14,17H,5-7,9-11H2,1H3,(H,19,21)/t14-,17-/m1/s1. The predicted octanol–water partition coefficient (Wildman–Crippen LogP) is 1.88. The van der Waals surface area contributed by atoms with Gasteiger partial charge in [0.2, 0.25) is 0 Å². The van der Waals surface area contributed by atoms with Gasteiger partial charge in [-0.1, -0.05) is 18.2 Å². The summed E-state index contributed by atoms with van der Waals surface area (Å²) in [5.74, 6) is 1.08. The maximum absolute atomic E-state index is 12.5. The third kappa shape index (κ3) is 2.36. The molecule has 0 spiro atoms. The van der Waals surface area contributed by atoms with Gasteiger partial charge in [0.15, 0.2) is 0 Å². The first-order chi connectivity index (χ1) is 10.7. The molecule has 116 valence electrons. The summed E-state index contributed by atoms with van der Waals surface area (Å²) in [6.45, 7) is 4.34. The fourth-order valence-corrected chi connectivity index (χ4v) is 4.03. The van der Waals surface area contributed by atoms with Gasteiger partial charge in [0.1, 0.15) is 0 Å². The van der Waals surface area contributed by atoms with Crippen LogP contribution in [0.2, 0.25) is 0 Å². The lowest BCUT2D eigenvalue weighted by Gasteiger charge is -2.18. The molecule has 4 nitrogen and oxygen atoms in total. The van der Waals surface area contributed by atoms with Crippen molar-refractivity contribution in [3.63, 3.8) is 0 Å². The topological polar surface area (TPSA) is 41.6 Å². The van der Waals surface area contributed by atoms with Crippen LogP contribution < -0.4 is 5.32 Å². The maximum Gasteiger partial charge on any atom is 0.251 e. The average Bonchev–Trinajstić information content (AvgIpc) is 2.88. The highest BCUT2D eigenvalue weighted by Crippen LogP contribution is 2.36. The predicted molar refractivity (Wildman–Crippen MR) is 85.9 cm³/mol. The number of likely N-dealkylation sites (tertiary alicyclic amines) is 1. The monoisotopic (exact) mass is 298 g/mol. The van der Waals surface area contributed by atoms with E-state index in [1.165, 1.54) is 16.7 Å². The molecular formula is C18H22N2O2. The van der Waals surface area contributed by atoms with Gasteiger partial charge in [-0.2, -0.15) is 0 Å². The van der Waals surface area contributed by atoms with Crippen molar-refractivity contribution >= 4 is 11.5 Å². The van der Waals surface area contributed by atoms with Crippen LogP contribution in [0.15, 0.2) is 24.3 Å². The normalized spacial score (nSPS) is 28.4. The molecule has 3 heterocycles. The van der Waals surface area contributed by atoms with Crippen LogP contribution in [0.25, 0.3) is 5.57 Å². The molecule has 0 unspecified atom stereocenters. The Morgan fingerprint density at radius 1 is 1.32 bits per heavy atom. The van der Waals surface area contributed by atoms with E-state index in [0.29, 0.717) is 18.4 Å². The summed E-state index contributed by atoms with van der Waals surface area (Å²) >= 11 is 0. The Labute approximate surface area is 131 Å². The van der Waals surface area contributed by atoms with Gasteiger partial charge in [0.05, 0.1) is 13.2 Å². The van der Waals surface area contributed by atoms with Gasteiger partial charge in [-0.15, -0.1) is 0 Å². The van der Waals surface area contributed by atoms with E-state index in [1.807, 2.05) is 0 Å². The molecule has 1 aromatic carbocycles. The van der Waals surface area contributed by atoms with E-state index in [2.05, 4.69) is 41.5 Å². The SMILES string of the molecule is CN1C[C@H]2CNC(=O)c3cc(C4=CCOCC4)ccc3[C@@H]2C1. The van der Waals surface area contributed by atoms with Crippen LogP contribution in [0.5, 0.6) is 0 Å². The lowest BCUT2D eigenvalue weighted by Crippen LogP contribution is -2.29. The first-order valence-corrected chi connectivity index (χ1v) is 8.10. The number of carbonyl (C=O) groups is 1. The van der Waals surface area contributed by atoms with E-state index in [1.54, 1.807) is 0 Å². The molecule has 22 heavy (non-hydrogen) atoms. The summed E-state index contributed by atoms with van der Waals surface area (Å²) in [5, 5.41) is 3.11. The summed E-state index contributed by atoms with van der Waals surface area (Å²) in [5.41, 5.74) is 4.56. The number of hydrogen-bond donors (Lipinski definition) is 1. The van der Waals surface area contributed by atoms with Crippen molar-refractivity contribution in [3.05, 3.63) is 41.0 Å². The summed E-state index contributed by atoms with van der Waals surface area (Å²) < 4.78 is 5.38. The third-order valence-electron chi connectivity index (χ3n) is 5.18. The number of ether oxygens (including phenoxy) is 1. The molecule has 2 atom stereocenters. The molecule has 1 amide bonds. The molecule has 1 N–H and O–H groups in total. The van der Waals surface area contributed by atoms with E-state index in [4.69, 9.17) is 4.74 Å². The quantitative estimate of drug-likeness (QED) is 0.861. The second-order valence-electron chi connectivity index (χ2n) is 6.65. The molecule has 1 aromatic rings. The molecule has 0 radical (unpaired) electrons.